The van der Waals surface area contributed by atoms with Gasteiger partial charge in [-0.05, 0) is 92.6 Å². The molecule has 0 N–H and O–H groups in total. The first-order chi connectivity index (χ1) is 19.4. The van der Waals surface area contributed by atoms with Gasteiger partial charge < -0.3 is 14.2 Å². The first kappa shape index (κ1) is 32.0. The van der Waals surface area contributed by atoms with Crippen LogP contribution in [0.1, 0.15) is 72.9 Å². The molecule has 1 aromatic heterocycles. The number of hydrogen-bond acceptors (Lipinski definition) is 5. The number of hydrogen-bond donors (Lipinski definition) is 0. The topological polar surface area (TPSA) is 68.6 Å². The predicted octanol–water partition coefficient (Wildman–Crippen LogP) is 6.44. The fraction of sp³-hybridized carbons (Fsp3) is 0.457. The molecule has 6 nitrogen and oxygen atoms in total. The van der Waals surface area contributed by atoms with Crippen molar-refractivity contribution in [2.45, 2.75) is 72.3 Å². The molecule has 2 aromatic carbocycles. The summed E-state index contributed by atoms with van der Waals surface area (Å²) in [6.45, 7) is 11.1. The van der Waals surface area contributed by atoms with Gasteiger partial charge in [0.1, 0.15) is 0 Å². The number of rotatable bonds is 13. The number of ketones is 1. The zero-order valence-electron chi connectivity index (χ0n) is 26.0. The quantitative estimate of drug-likeness (QED) is 0.226. The van der Waals surface area contributed by atoms with Crippen LogP contribution in [0.5, 0.6) is 0 Å². The van der Waals surface area contributed by atoms with Crippen molar-refractivity contribution < 1.29 is 14.3 Å². The number of benzene rings is 2. The van der Waals surface area contributed by atoms with Gasteiger partial charge in [-0.1, -0.05) is 56.3 Å². The van der Waals surface area contributed by atoms with Crippen LogP contribution in [-0.4, -0.2) is 49.0 Å². The van der Waals surface area contributed by atoms with Crippen LogP contribution < -0.4 is 5.56 Å². The Morgan fingerprint density at radius 3 is 2.20 bits per heavy atom. The van der Waals surface area contributed by atoms with E-state index in [4.69, 9.17) is 4.74 Å². The number of ether oxygens (including phenoxy) is 1. The van der Waals surface area contributed by atoms with Crippen LogP contribution in [0.15, 0.2) is 59.5 Å². The number of methoxy groups -OCH3 is 1. The highest BCUT2D eigenvalue weighted by molar-refractivity contribution is 5.84. The first-order valence-electron chi connectivity index (χ1n) is 14.5. The van der Waals surface area contributed by atoms with Gasteiger partial charge in [-0.15, -0.1) is 0 Å². The van der Waals surface area contributed by atoms with E-state index >= 15 is 0 Å². The fourth-order valence-electron chi connectivity index (χ4n) is 5.57. The van der Waals surface area contributed by atoms with E-state index in [1.54, 1.807) is 10.6 Å². The summed E-state index contributed by atoms with van der Waals surface area (Å²) in [5, 5.41) is 0. The van der Waals surface area contributed by atoms with Gasteiger partial charge in [0.15, 0.2) is 5.78 Å². The molecule has 0 fully saturated rings. The van der Waals surface area contributed by atoms with Crippen LogP contribution in [0.25, 0.3) is 11.1 Å². The molecule has 0 radical (unpaired) electrons. The van der Waals surface area contributed by atoms with Crippen molar-refractivity contribution in [1.82, 2.24) is 9.47 Å². The molecule has 0 aliphatic carbocycles. The molecule has 0 saturated carbocycles. The Labute approximate surface area is 245 Å². The monoisotopic (exact) mass is 558 g/mol. The Balaban J connectivity index is 2.02. The number of carbonyl (C=O) groups is 2. The molecule has 0 bridgehead atoms. The molecule has 1 unspecified atom stereocenters. The molecule has 0 aliphatic heterocycles. The van der Waals surface area contributed by atoms with Crippen LogP contribution in [0.2, 0.25) is 0 Å². The van der Waals surface area contributed by atoms with Gasteiger partial charge >= 0.3 is 5.97 Å². The van der Waals surface area contributed by atoms with Gasteiger partial charge in [0.05, 0.1) is 19.6 Å². The molecule has 3 rings (SSSR count). The lowest BCUT2D eigenvalue weighted by molar-refractivity contribution is -0.141. The average molecular weight is 559 g/mol. The van der Waals surface area contributed by atoms with E-state index in [1.807, 2.05) is 45.4 Å². The number of aromatic nitrogens is 1. The van der Waals surface area contributed by atoms with Gasteiger partial charge in [-0.2, -0.15) is 0 Å². The Kier molecular flexibility index (Phi) is 11.2. The highest BCUT2D eigenvalue weighted by Gasteiger charge is 2.28. The van der Waals surface area contributed by atoms with Gasteiger partial charge in [-0.25, -0.2) is 0 Å². The number of aryl methyl sites for hydroxylation is 3. The molecular formula is C35H46N2O4. The Morgan fingerprint density at radius 1 is 0.927 bits per heavy atom. The summed E-state index contributed by atoms with van der Waals surface area (Å²) in [4.78, 5) is 42.0. The number of likely N-dealkylation sites (N-methyl/N-ethyl adjacent to an activating group) is 1. The van der Waals surface area contributed by atoms with Gasteiger partial charge in [0.25, 0.3) is 5.56 Å². The molecule has 0 spiro atoms. The van der Waals surface area contributed by atoms with E-state index in [-0.39, 0.29) is 42.0 Å². The van der Waals surface area contributed by atoms with Crippen molar-refractivity contribution in [3.8, 4) is 11.1 Å². The average Bonchev–Trinajstić information content (AvgIpc) is 2.91. The largest absolute Gasteiger partial charge is 0.469 e. The van der Waals surface area contributed by atoms with E-state index in [0.29, 0.717) is 6.42 Å². The second-order valence-corrected chi connectivity index (χ2v) is 12.0. The van der Waals surface area contributed by atoms with Crippen LogP contribution in [0.3, 0.4) is 0 Å². The Bertz CT molecular complexity index is 1400. The molecule has 6 heteroatoms. The lowest BCUT2D eigenvalue weighted by Gasteiger charge is -2.25. The fourth-order valence-corrected chi connectivity index (χ4v) is 5.57. The maximum Gasteiger partial charge on any atom is 0.306 e. The summed E-state index contributed by atoms with van der Waals surface area (Å²) in [5.41, 5.74) is 7.30. The van der Waals surface area contributed by atoms with E-state index < -0.39 is 6.04 Å². The lowest BCUT2D eigenvalue weighted by Crippen LogP contribution is -2.32. The van der Waals surface area contributed by atoms with Crippen molar-refractivity contribution >= 4 is 11.8 Å². The summed E-state index contributed by atoms with van der Waals surface area (Å²) in [7, 11) is 5.41. The standard InChI is InChI=1S/C35H46N2O4/c1-23(2)17-31(37-22-29(15-16-36(6)7)26(5)18-33(37)39)32(38)20-30(21-34(40)41-8)27-13-10-14-28(19-27)35-24(3)11-9-12-25(35)4/h9-14,18-19,22-23,30-31H,15-17,20-21H2,1-8H3/t30-,31?/m0/s1. The van der Waals surface area contributed by atoms with Crippen LogP contribution in [0.4, 0.5) is 0 Å². The highest BCUT2D eigenvalue weighted by Crippen LogP contribution is 2.33. The molecule has 1 heterocycles. The highest BCUT2D eigenvalue weighted by atomic mass is 16.5. The van der Waals surface area contributed by atoms with Crippen LogP contribution in [-0.2, 0) is 20.7 Å². The predicted molar refractivity (Wildman–Crippen MR) is 167 cm³/mol. The summed E-state index contributed by atoms with van der Waals surface area (Å²) in [6, 6.07) is 15.4. The number of nitrogens with zero attached hydrogens (tertiary/aromatic N) is 2. The van der Waals surface area contributed by atoms with Gasteiger partial charge in [0.2, 0.25) is 0 Å². The second kappa shape index (κ2) is 14.4. The van der Waals surface area contributed by atoms with Gasteiger partial charge in [-0.3, -0.25) is 14.4 Å². The van der Waals surface area contributed by atoms with E-state index in [0.717, 1.165) is 40.8 Å². The zero-order valence-corrected chi connectivity index (χ0v) is 26.0. The number of esters is 1. The molecule has 0 amide bonds. The summed E-state index contributed by atoms with van der Waals surface area (Å²) in [5.74, 6) is -0.578. The zero-order chi connectivity index (χ0) is 30.3. The third-order valence-electron chi connectivity index (χ3n) is 7.84. The smallest absolute Gasteiger partial charge is 0.306 e. The molecule has 2 atom stereocenters. The Hall–Kier alpha value is -3.51. The number of carbonyl (C=O) groups excluding carboxylic acids is 2. The maximum absolute atomic E-state index is 14.1. The van der Waals surface area contributed by atoms with E-state index in [9.17, 15) is 14.4 Å². The molecule has 0 aliphatic rings. The molecule has 220 valence electrons. The second-order valence-electron chi connectivity index (χ2n) is 12.0. The maximum atomic E-state index is 14.1. The molecule has 41 heavy (non-hydrogen) atoms. The first-order valence-corrected chi connectivity index (χ1v) is 14.5. The normalized spacial score (nSPS) is 12.9. The van der Waals surface area contributed by atoms with Crippen molar-refractivity contribution in [3.05, 3.63) is 92.9 Å². The van der Waals surface area contributed by atoms with Crippen molar-refractivity contribution in [2.24, 2.45) is 5.92 Å². The van der Waals surface area contributed by atoms with Crippen molar-refractivity contribution in [3.63, 3.8) is 0 Å². The van der Waals surface area contributed by atoms with Crippen molar-refractivity contribution in [2.75, 3.05) is 27.7 Å². The van der Waals surface area contributed by atoms with E-state index in [1.165, 1.54) is 18.2 Å². The summed E-state index contributed by atoms with van der Waals surface area (Å²) < 4.78 is 6.66. The SMILES string of the molecule is COC(=O)C[C@H](CC(=O)C(CC(C)C)n1cc(CCN(C)C)c(C)cc1=O)c1cccc(-c2c(C)cccc2C)c1. The minimum Gasteiger partial charge on any atom is -0.469 e. The molecule has 3 aromatic rings. The third-order valence-corrected chi connectivity index (χ3v) is 7.84. The summed E-state index contributed by atoms with van der Waals surface area (Å²) in [6.07, 6.45) is 3.43. The number of pyridine rings is 1. The Morgan fingerprint density at radius 2 is 1.59 bits per heavy atom. The molecule has 0 saturated heterocycles. The van der Waals surface area contributed by atoms with Crippen LogP contribution in [0, 0.1) is 26.7 Å². The van der Waals surface area contributed by atoms with Gasteiger partial charge in [0, 0.05) is 31.1 Å². The van der Waals surface area contributed by atoms with Crippen LogP contribution >= 0.6 is 0 Å². The minimum atomic E-state index is -0.608. The summed E-state index contributed by atoms with van der Waals surface area (Å²) >= 11 is 0. The molecular weight excluding hydrogens is 512 g/mol. The van der Waals surface area contributed by atoms with Crippen molar-refractivity contribution in [1.29, 1.82) is 0 Å². The third kappa shape index (κ3) is 8.49. The minimum absolute atomic E-state index is 0.0467. The lowest BCUT2D eigenvalue weighted by atomic mass is 9.85. The van der Waals surface area contributed by atoms with E-state index in [2.05, 4.69) is 56.9 Å². The number of Topliss-reactive ketones (excluding diaryl/α,β-unsaturated/α-hetero) is 1.